The van der Waals surface area contributed by atoms with Crippen LogP contribution in [0.3, 0.4) is 0 Å². The van der Waals surface area contributed by atoms with Crippen molar-refractivity contribution < 1.29 is 23.9 Å². The van der Waals surface area contributed by atoms with Crippen molar-refractivity contribution in [2.45, 2.75) is 24.6 Å². The predicted molar refractivity (Wildman–Crippen MR) is 94.0 cm³/mol. The van der Waals surface area contributed by atoms with Crippen LogP contribution in [0.1, 0.15) is 20.3 Å². The van der Waals surface area contributed by atoms with E-state index in [1.807, 2.05) is 0 Å². The summed E-state index contributed by atoms with van der Waals surface area (Å²) in [5, 5.41) is 5.16. The van der Waals surface area contributed by atoms with Crippen LogP contribution in [0.15, 0.2) is 18.2 Å². The summed E-state index contributed by atoms with van der Waals surface area (Å²) in [7, 11) is 1.44. The number of carbonyl (C=O) groups is 3. The van der Waals surface area contributed by atoms with Crippen molar-refractivity contribution >= 4 is 52.4 Å². The van der Waals surface area contributed by atoms with Crippen molar-refractivity contribution in [3.05, 3.63) is 18.2 Å². The Morgan fingerprint density at radius 1 is 1.24 bits per heavy atom. The van der Waals surface area contributed by atoms with Crippen molar-refractivity contribution in [3.8, 4) is 5.75 Å². The molecule has 0 radical (unpaired) electrons. The molecule has 2 amide bonds. The summed E-state index contributed by atoms with van der Waals surface area (Å²) in [5.41, 5.74) is -0.184. The first-order valence-corrected chi connectivity index (χ1v) is 8.15. The van der Waals surface area contributed by atoms with Crippen LogP contribution < -0.4 is 15.4 Å². The second-order valence-electron chi connectivity index (χ2n) is 5.93. The van der Waals surface area contributed by atoms with Gasteiger partial charge in [-0.1, -0.05) is 0 Å². The summed E-state index contributed by atoms with van der Waals surface area (Å²) in [6.07, 6.45) is 0.274. The number of rotatable bonds is 6. The predicted octanol–water partition coefficient (Wildman–Crippen LogP) is 2.72. The Hall–Kier alpha value is -1.99. The Labute approximate surface area is 154 Å². The number of anilines is 2. The fourth-order valence-corrected chi connectivity index (χ4v) is 2.87. The third kappa shape index (κ3) is 4.35. The summed E-state index contributed by atoms with van der Waals surface area (Å²) in [5.74, 6) is -1.06. The number of ether oxygens (including phenoxy) is 2. The highest BCUT2D eigenvalue weighted by atomic mass is 35.5. The zero-order chi connectivity index (χ0) is 18.8. The Kier molecular flexibility index (Phi) is 5.49. The number of benzene rings is 1. The second-order valence-corrected chi connectivity index (χ2v) is 7.42. The van der Waals surface area contributed by atoms with E-state index in [0.29, 0.717) is 17.1 Å². The van der Waals surface area contributed by atoms with Crippen LogP contribution >= 0.6 is 23.2 Å². The molecule has 0 saturated heterocycles. The summed E-state index contributed by atoms with van der Waals surface area (Å²) in [4.78, 5) is 35.1. The van der Waals surface area contributed by atoms with Gasteiger partial charge in [0.15, 0.2) is 6.61 Å². The van der Waals surface area contributed by atoms with Gasteiger partial charge in [-0.2, -0.15) is 0 Å². The molecule has 2 rings (SSSR count). The van der Waals surface area contributed by atoms with Crippen molar-refractivity contribution in [1.82, 2.24) is 0 Å². The molecule has 1 aliphatic rings. The molecule has 0 unspecified atom stereocenters. The molecule has 25 heavy (non-hydrogen) atoms. The van der Waals surface area contributed by atoms with E-state index in [9.17, 15) is 14.4 Å². The molecule has 1 aromatic carbocycles. The number of carbonyl (C=O) groups excluding carboxylic acids is 3. The maximum absolute atomic E-state index is 12.0. The van der Waals surface area contributed by atoms with Gasteiger partial charge in [-0.05, 0) is 25.1 Å². The highest BCUT2D eigenvalue weighted by molar-refractivity contribution is 6.53. The Morgan fingerprint density at radius 2 is 1.88 bits per heavy atom. The van der Waals surface area contributed by atoms with Crippen molar-refractivity contribution in [2.24, 2.45) is 5.41 Å². The fraction of sp³-hybridized carbons (Fsp3) is 0.438. The highest BCUT2D eigenvalue weighted by Gasteiger charge is 2.69. The third-order valence-corrected chi connectivity index (χ3v) is 4.94. The van der Waals surface area contributed by atoms with Crippen LogP contribution in [0, 0.1) is 5.41 Å². The lowest BCUT2D eigenvalue weighted by molar-refractivity contribution is -0.152. The van der Waals surface area contributed by atoms with E-state index in [0.717, 1.165) is 0 Å². The normalized spacial score (nSPS) is 20.4. The van der Waals surface area contributed by atoms with E-state index in [1.54, 1.807) is 19.1 Å². The van der Waals surface area contributed by atoms with Crippen LogP contribution in [0.25, 0.3) is 0 Å². The molecule has 136 valence electrons. The lowest BCUT2D eigenvalue weighted by Crippen LogP contribution is -2.27. The Balaban J connectivity index is 1.98. The molecule has 1 saturated carbocycles. The highest BCUT2D eigenvalue weighted by Crippen LogP contribution is 2.64. The monoisotopic (exact) mass is 388 g/mol. The van der Waals surface area contributed by atoms with Gasteiger partial charge in [0.1, 0.15) is 15.5 Å². The average Bonchev–Trinajstić information content (AvgIpc) is 3.04. The first-order chi connectivity index (χ1) is 11.6. The lowest BCUT2D eigenvalue weighted by atomic mass is 10.1. The average molecular weight is 389 g/mol. The minimum atomic E-state index is -1.16. The number of hydrogen-bond donors (Lipinski definition) is 2. The van der Waals surface area contributed by atoms with E-state index in [2.05, 4.69) is 10.6 Å². The van der Waals surface area contributed by atoms with Crippen LogP contribution in [0.5, 0.6) is 5.75 Å². The van der Waals surface area contributed by atoms with Gasteiger partial charge in [-0.25, -0.2) is 0 Å². The van der Waals surface area contributed by atoms with Crippen LogP contribution in [0.4, 0.5) is 11.4 Å². The summed E-state index contributed by atoms with van der Waals surface area (Å²) >= 11 is 11.8. The van der Waals surface area contributed by atoms with Gasteiger partial charge in [-0.15, -0.1) is 23.2 Å². The zero-order valence-corrected chi connectivity index (χ0v) is 15.5. The third-order valence-electron chi connectivity index (χ3n) is 3.84. The number of alkyl halides is 2. The first kappa shape index (κ1) is 19.3. The molecule has 2 N–H and O–H groups in total. The van der Waals surface area contributed by atoms with E-state index in [4.69, 9.17) is 32.7 Å². The molecule has 0 spiro atoms. The number of nitrogens with one attached hydrogen (secondary N) is 2. The van der Waals surface area contributed by atoms with Crippen molar-refractivity contribution in [2.75, 3.05) is 24.4 Å². The molecule has 1 aromatic rings. The van der Waals surface area contributed by atoms with Gasteiger partial charge in [-0.3, -0.25) is 14.4 Å². The second kappa shape index (κ2) is 7.09. The van der Waals surface area contributed by atoms with E-state index < -0.39 is 28.2 Å². The molecule has 1 atom stereocenters. The molecule has 0 bridgehead atoms. The first-order valence-electron chi connectivity index (χ1n) is 7.39. The van der Waals surface area contributed by atoms with Crippen LogP contribution in [-0.2, 0) is 19.1 Å². The number of methoxy groups -OCH3 is 1. The molecular formula is C16H18Cl2N2O5. The Bertz CT molecular complexity index is 722. The van der Waals surface area contributed by atoms with Gasteiger partial charge in [0.05, 0.1) is 12.8 Å². The molecule has 0 aromatic heterocycles. The van der Waals surface area contributed by atoms with Crippen molar-refractivity contribution in [3.63, 3.8) is 0 Å². The zero-order valence-electron chi connectivity index (χ0n) is 13.9. The summed E-state index contributed by atoms with van der Waals surface area (Å²) < 4.78 is 8.97. The minimum absolute atomic E-state index is 0.250. The number of esters is 1. The molecular weight excluding hydrogens is 371 g/mol. The minimum Gasteiger partial charge on any atom is -0.495 e. The van der Waals surface area contributed by atoms with E-state index in [1.165, 1.54) is 20.1 Å². The fourth-order valence-electron chi connectivity index (χ4n) is 2.18. The number of amides is 2. The SMILES string of the molecule is COc1ccc(NC(C)=O)cc1NC(=O)COC(=O)[C@@]1(C)CC1(Cl)Cl. The molecule has 9 heteroatoms. The molecule has 7 nitrogen and oxygen atoms in total. The largest absolute Gasteiger partial charge is 0.495 e. The van der Waals surface area contributed by atoms with Gasteiger partial charge in [0, 0.05) is 19.0 Å². The standard InChI is InChI=1S/C16H18Cl2N2O5/c1-9(21)19-10-4-5-12(24-3)11(6-10)20-13(22)7-25-14(23)15(2)8-16(15,17)18/h4-6H,7-8H2,1-3H3,(H,19,21)(H,20,22)/t15-/m1/s1. The number of halogens is 2. The lowest BCUT2D eigenvalue weighted by Gasteiger charge is -2.14. The molecule has 1 aliphatic carbocycles. The van der Waals surface area contributed by atoms with Gasteiger partial charge >= 0.3 is 5.97 Å². The number of hydrogen-bond acceptors (Lipinski definition) is 5. The molecule has 0 aliphatic heterocycles. The molecule has 0 heterocycles. The van der Waals surface area contributed by atoms with Crippen LogP contribution in [0.2, 0.25) is 0 Å². The van der Waals surface area contributed by atoms with Gasteiger partial charge in [0.25, 0.3) is 5.91 Å². The van der Waals surface area contributed by atoms with Crippen LogP contribution in [-0.4, -0.2) is 35.8 Å². The summed E-state index contributed by atoms with van der Waals surface area (Å²) in [6.45, 7) is 2.45. The topological polar surface area (TPSA) is 93.7 Å². The summed E-state index contributed by atoms with van der Waals surface area (Å²) in [6, 6.07) is 4.75. The molecule has 1 fully saturated rings. The van der Waals surface area contributed by atoms with Gasteiger partial charge < -0.3 is 20.1 Å². The van der Waals surface area contributed by atoms with E-state index in [-0.39, 0.29) is 12.3 Å². The smallest absolute Gasteiger partial charge is 0.315 e. The Morgan fingerprint density at radius 3 is 2.40 bits per heavy atom. The quantitative estimate of drug-likeness (QED) is 0.577. The maximum Gasteiger partial charge on any atom is 0.315 e. The van der Waals surface area contributed by atoms with E-state index >= 15 is 0 Å². The maximum atomic E-state index is 12.0. The van der Waals surface area contributed by atoms with Crippen molar-refractivity contribution in [1.29, 1.82) is 0 Å². The van der Waals surface area contributed by atoms with Gasteiger partial charge in [0.2, 0.25) is 5.91 Å².